The molecule has 3 aromatic rings. The maximum absolute atomic E-state index is 13.0. The van der Waals surface area contributed by atoms with Crippen LogP contribution in [0.2, 0.25) is 0 Å². The van der Waals surface area contributed by atoms with Crippen LogP contribution in [0.5, 0.6) is 0 Å². The molecule has 0 radical (unpaired) electrons. The van der Waals surface area contributed by atoms with Gasteiger partial charge in [-0.3, -0.25) is 14.4 Å². The van der Waals surface area contributed by atoms with Crippen molar-refractivity contribution in [1.29, 1.82) is 0 Å². The Labute approximate surface area is 161 Å². The van der Waals surface area contributed by atoms with E-state index in [1.54, 1.807) is 31.4 Å². The third kappa shape index (κ3) is 3.49. The summed E-state index contributed by atoms with van der Waals surface area (Å²) in [5.41, 5.74) is 0.831. The highest BCUT2D eigenvalue weighted by molar-refractivity contribution is 6.04. The number of nitrogens with one attached hydrogen (secondary N) is 1. The van der Waals surface area contributed by atoms with Crippen molar-refractivity contribution < 1.29 is 14.0 Å². The summed E-state index contributed by atoms with van der Waals surface area (Å²) in [5, 5.41) is 7.26. The molecular weight excluding hydrogens is 360 g/mol. The van der Waals surface area contributed by atoms with Crippen molar-refractivity contribution in [2.45, 2.75) is 40.8 Å². The van der Waals surface area contributed by atoms with Gasteiger partial charge in [0.2, 0.25) is 5.91 Å². The van der Waals surface area contributed by atoms with Gasteiger partial charge in [-0.1, -0.05) is 26.8 Å². The molecule has 0 unspecified atom stereocenters. The predicted molar refractivity (Wildman–Crippen MR) is 106 cm³/mol. The van der Waals surface area contributed by atoms with Gasteiger partial charge in [-0.15, -0.1) is 6.58 Å². The van der Waals surface area contributed by atoms with Crippen LogP contribution in [0, 0.1) is 12.3 Å². The van der Waals surface area contributed by atoms with Crippen LogP contribution in [0.25, 0.3) is 22.0 Å². The van der Waals surface area contributed by atoms with Crippen molar-refractivity contribution in [3.8, 4) is 0 Å². The van der Waals surface area contributed by atoms with E-state index in [1.807, 2.05) is 13.0 Å². The third-order valence-corrected chi connectivity index (χ3v) is 4.55. The molecule has 8 heteroatoms. The smallest absolute Gasteiger partial charge is 0.291 e. The molecule has 3 heterocycles. The number of Topliss-reactive ketones (excluding diaryl/α,β-unsaturated/α-hetero) is 1. The molecule has 0 saturated carbocycles. The molecule has 0 atom stereocenters. The lowest BCUT2D eigenvalue weighted by Gasteiger charge is -2.16. The van der Waals surface area contributed by atoms with Crippen LogP contribution >= 0.6 is 0 Å². The summed E-state index contributed by atoms with van der Waals surface area (Å²) >= 11 is 0. The van der Waals surface area contributed by atoms with Crippen LogP contribution < -0.4 is 10.9 Å². The molecule has 0 aliphatic heterocycles. The van der Waals surface area contributed by atoms with Crippen molar-refractivity contribution >= 4 is 33.7 Å². The van der Waals surface area contributed by atoms with Crippen molar-refractivity contribution in [1.82, 2.24) is 19.7 Å². The number of aryl methyl sites for hydroxylation is 1. The minimum atomic E-state index is -0.543. The van der Waals surface area contributed by atoms with Gasteiger partial charge in [-0.2, -0.15) is 5.10 Å². The van der Waals surface area contributed by atoms with Crippen LogP contribution in [0.1, 0.15) is 26.5 Å². The van der Waals surface area contributed by atoms with Gasteiger partial charge in [0.05, 0.1) is 23.6 Å². The van der Waals surface area contributed by atoms with E-state index in [2.05, 4.69) is 17.0 Å². The Kier molecular flexibility index (Phi) is 4.97. The summed E-state index contributed by atoms with van der Waals surface area (Å²) in [7, 11) is 0. The number of furan rings is 1. The number of carbonyl (C=O) groups is 2. The summed E-state index contributed by atoms with van der Waals surface area (Å²) in [6.45, 7) is 11.0. The summed E-state index contributed by atoms with van der Waals surface area (Å²) in [5.74, 6) is 0.192. The van der Waals surface area contributed by atoms with Gasteiger partial charge >= 0.3 is 0 Å². The quantitative estimate of drug-likeness (QED) is 0.657. The van der Waals surface area contributed by atoms with Gasteiger partial charge < -0.3 is 14.3 Å². The average molecular weight is 384 g/mol. The lowest BCUT2D eigenvalue weighted by Crippen LogP contribution is -2.39. The van der Waals surface area contributed by atoms with Crippen molar-refractivity contribution in [3.63, 3.8) is 0 Å². The van der Waals surface area contributed by atoms with E-state index in [9.17, 15) is 14.4 Å². The first-order valence-electron chi connectivity index (χ1n) is 9.03. The standard InChI is InChI=1S/C20H24N4O4/c1-6-7-23-14-8-12(2)28-18(14)13-9-22-24(19(27)17(13)23)11-16(26)21-10-15(25)20(3,4)5/h6,8-9H,1,7,10-11H2,2-5H3,(H,21,26). The van der Waals surface area contributed by atoms with E-state index < -0.39 is 16.9 Å². The SMILES string of the molecule is C=CCn1c2cc(C)oc2c2cnn(CC(=O)NCC(=O)C(C)(C)C)c(=O)c21. The predicted octanol–water partition coefficient (Wildman–Crippen LogP) is 2.17. The highest BCUT2D eigenvalue weighted by Crippen LogP contribution is 2.29. The molecule has 1 N–H and O–H groups in total. The first-order valence-corrected chi connectivity index (χ1v) is 9.03. The topological polar surface area (TPSA) is 99.1 Å². The summed E-state index contributed by atoms with van der Waals surface area (Å²) < 4.78 is 8.61. The Morgan fingerprint density at radius 1 is 1.36 bits per heavy atom. The van der Waals surface area contributed by atoms with Crippen LogP contribution in [0.15, 0.2) is 34.1 Å². The van der Waals surface area contributed by atoms with Crippen molar-refractivity contribution in [2.24, 2.45) is 5.41 Å². The maximum Gasteiger partial charge on any atom is 0.291 e. The second-order valence-corrected chi connectivity index (χ2v) is 7.79. The summed E-state index contributed by atoms with van der Waals surface area (Å²) in [4.78, 5) is 37.1. The van der Waals surface area contributed by atoms with Crippen molar-refractivity contribution in [3.05, 3.63) is 41.0 Å². The first-order chi connectivity index (χ1) is 13.1. The Balaban J connectivity index is 1.93. The van der Waals surface area contributed by atoms with Crippen molar-refractivity contribution in [2.75, 3.05) is 6.54 Å². The molecule has 0 aliphatic carbocycles. The molecule has 0 aromatic carbocycles. The van der Waals surface area contributed by atoms with Crippen LogP contribution in [0.4, 0.5) is 0 Å². The van der Waals surface area contributed by atoms with Gasteiger partial charge in [0, 0.05) is 18.0 Å². The van der Waals surface area contributed by atoms with Gasteiger partial charge in [0.1, 0.15) is 17.8 Å². The number of rotatable bonds is 6. The number of hydrogen-bond acceptors (Lipinski definition) is 5. The minimum absolute atomic E-state index is 0.0849. The Morgan fingerprint density at radius 2 is 2.07 bits per heavy atom. The van der Waals surface area contributed by atoms with E-state index >= 15 is 0 Å². The highest BCUT2D eigenvalue weighted by Gasteiger charge is 2.22. The van der Waals surface area contributed by atoms with Crippen LogP contribution in [0.3, 0.4) is 0 Å². The number of fused-ring (bicyclic) bond motifs is 3. The first kappa shape index (κ1) is 19.6. The molecule has 0 aliphatic rings. The van der Waals surface area contributed by atoms with E-state index in [-0.39, 0.29) is 18.9 Å². The Morgan fingerprint density at radius 3 is 2.71 bits per heavy atom. The summed E-state index contributed by atoms with van der Waals surface area (Å²) in [6, 6.07) is 1.85. The van der Waals surface area contributed by atoms with Gasteiger partial charge in [0.15, 0.2) is 11.4 Å². The number of nitrogens with zero attached hydrogens (tertiary/aromatic N) is 3. The summed E-state index contributed by atoms with van der Waals surface area (Å²) in [6.07, 6.45) is 3.21. The number of carbonyl (C=O) groups excluding carboxylic acids is 2. The minimum Gasteiger partial charge on any atom is -0.459 e. The second-order valence-electron chi connectivity index (χ2n) is 7.79. The largest absolute Gasteiger partial charge is 0.459 e. The molecule has 28 heavy (non-hydrogen) atoms. The second kappa shape index (κ2) is 7.10. The lowest BCUT2D eigenvalue weighted by molar-refractivity contribution is -0.129. The Bertz CT molecular complexity index is 1140. The maximum atomic E-state index is 13.0. The lowest BCUT2D eigenvalue weighted by atomic mass is 9.91. The third-order valence-electron chi connectivity index (χ3n) is 4.55. The molecule has 0 saturated heterocycles. The van der Waals surface area contributed by atoms with Gasteiger partial charge in [-0.05, 0) is 6.92 Å². The van der Waals surface area contributed by atoms with Crippen LogP contribution in [-0.4, -0.2) is 32.6 Å². The van der Waals surface area contributed by atoms with E-state index in [1.165, 1.54) is 6.20 Å². The fourth-order valence-electron chi connectivity index (χ4n) is 2.99. The number of hydrogen-bond donors (Lipinski definition) is 1. The fourth-order valence-corrected chi connectivity index (χ4v) is 2.99. The van der Waals surface area contributed by atoms with Crippen LogP contribution in [-0.2, 0) is 22.7 Å². The highest BCUT2D eigenvalue weighted by atomic mass is 16.3. The van der Waals surface area contributed by atoms with E-state index in [0.29, 0.717) is 23.0 Å². The number of ketones is 1. The van der Waals surface area contributed by atoms with E-state index in [4.69, 9.17) is 4.42 Å². The molecule has 1 amide bonds. The molecule has 0 spiro atoms. The fraction of sp³-hybridized carbons (Fsp3) is 0.400. The Hall–Kier alpha value is -3.16. The molecule has 0 fully saturated rings. The zero-order valence-electron chi connectivity index (χ0n) is 16.5. The zero-order chi connectivity index (χ0) is 20.6. The van der Waals surface area contributed by atoms with Gasteiger partial charge in [-0.25, -0.2) is 4.68 Å². The number of aromatic nitrogens is 3. The molecule has 3 aromatic heterocycles. The number of amides is 1. The molecule has 148 valence electrons. The molecular formula is C20H24N4O4. The number of allylic oxidation sites excluding steroid dienone is 1. The normalized spacial score (nSPS) is 11.9. The van der Waals surface area contributed by atoms with E-state index in [0.717, 1.165) is 16.0 Å². The van der Waals surface area contributed by atoms with Gasteiger partial charge in [0.25, 0.3) is 5.56 Å². The molecule has 3 rings (SSSR count). The zero-order valence-corrected chi connectivity index (χ0v) is 16.5. The average Bonchev–Trinajstić information content (AvgIpc) is 3.11. The molecule has 0 bridgehead atoms. The monoisotopic (exact) mass is 384 g/mol. The molecule has 8 nitrogen and oxygen atoms in total.